The molecule has 0 aromatic heterocycles. The van der Waals surface area contributed by atoms with Gasteiger partial charge in [0.05, 0.1) is 11.8 Å². The number of hydrogen-bond acceptors (Lipinski definition) is 4. The lowest BCUT2D eigenvalue weighted by atomic mass is 10.1. The predicted octanol–water partition coefficient (Wildman–Crippen LogP) is 0.979. The van der Waals surface area contributed by atoms with Gasteiger partial charge in [-0.15, -0.1) is 0 Å². The molecular weight excluding hydrogens is 290 g/mol. The van der Waals surface area contributed by atoms with Crippen LogP contribution in [0.15, 0.2) is 18.2 Å². The van der Waals surface area contributed by atoms with E-state index in [-0.39, 0.29) is 5.91 Å². The van der Waals surface area contributed by atoms with Crippen molar-refractivity contribution in [3.8, 4) is 0 Å². The molecule has 0 aliphatic heterocycles. The van der Waals surface area contributed by atoms with Gasteiger partial charge in [-0.2, -0.15) is 0 Å². The van der Waals surface area contributed by atoms with E-state index >= 15 is 0 Å². The molecule has 0 fully saturated rings. The highest BCUT2D eigenvalue weighted by atomic mass is 32.2. The van der Waals surface area contributed by atoms with E-state index in [0.717, 1.165) is 5.56 Å². The van der Waals surface area contributed by atoms with Crippen LogP contribution in [0.4, 0.5) is 5.69 Å². The average molecular weight is 313 g/mol. The third-order valence-electron chi connectivity index (χ3n) is 3.22. The standard InChI is InChI=1S/C14H23N3O3S/c1-4-17(21(3,19)20)10-6-9-16-14(18)13-11(2)7-5-8-12(13)15/h5,7-8H,4,6,9-10,15H2,1-3H3,(H,16,18). The van der Waals surface area contributed by atoms with Gasteiger partial charge in [0.1, 0.15) is 0 Å². The molecule has 6 nitrogen and oxygen atoms in total. The summed E-state index contributed by atoms with van der Waals surface area (Å²) in [5.74, 6) is -0.229. The second-order valence-corrected chi connectivity index (χ2v) is 6.89. The fraction of sp³-hybridized carbons (Fsp3) is 0.500. The summed E-state index contributed by atoms with van der Waals surface area (Å²) >= 11 is 0. The van der Waals surface area contributed by atoms with Gasteiger partial charge in [-0.3, -0.25) is 4.79 Å². The van der Waals surface area contributed by atoms with Gasteiger partial charge in [-0.05, 0) is 25.0 Å². The summed E-state index contributed by atoms with van der Waals surface area (Å²) in [4.78, 5) is 12.1. The Morgan fingerprint density at radius 2 is 2.05 bits per heavy atom. The second kappa shape index (κ2) is 7.42. The number of aryl methyl sites for hydroxylation is 1. The summed E-state index contributed by atoms with van der Waals surface area (Å²) in [6.07, 6.45) is 1.74. The molecule has 1 rings (SSSR count). The SMILES string of the molecule is CCN(CCCNC(=O)c1c(C)cccc1N)S(C)(=O)=O. The molecular formula is C14H23N3O3S. The van der Waals surface area contributed by atoms with Gasteiger partial charge in [-0.1, -0.05) is 19.1 Å². The Balaban J connectivity index is 2.52. The number of carbonyl (C=O) groups is 1. The fourth-order valence-electron chi connectivity index (χ4n) is 2.10. The number of nitrogens with zero attached hydrogens (tertiary/aromatic N) is 1. The summed E-state index contributed by atoms with van der Waals surface area (Å²) in [6, 6.07) is 5.31. The van der Waals surface area contributed by atoms with Crippen molar-refractivity contribution in [1.29, 1.82) is 0 Å². The third-order valence-corrected chi connectivity index (χ3v) is 4.60. The normalized spacial score (nSPS) is 11.6. The summed E-state index contributed by atoms with van der Waals surface area (Å²) in [5.41, 5.74) is 7.55. The number of hydrogen-bond donors (Lipinski definition) is 2. The number of nitrogens with two attached hydrogens (primary N) is 1. The lowest BCUT2D eigenvalue weighted by molar-refractivity contribution is 0.0953. The van der Waals surface area contributed by atoms with Crippen molar-refractivity contribution >= 4 is 21.6 Å². The lowest BCUT2D eigenvalue weighted by Crippen LogP contribution is -2.33. The lowest BCUT2D eigenvalue weighted by Gasteiger charge is -2.17. The first-order valence-electron chi connectivity index (χ1n) is 6.85. The highest BCUT2D eigenvalue weighted by Crippen LogP contribution is 2.15. The van der Waals surface area contributed by atoms with E-state index in [1.165, 1.54) is 10.6 Å². The monoisotopic (exact) mass is 313 g/mol. The number of benzene rings is 1. The smallest absolute Gasteiger partial charge is 0.253 e. The Bertz CT molecular complexity index is 579. The largest absolute Gasteiger partial charge is 0.398 e. The van der Waals surface area contributed by atoms with Crippen LogP contribution in [0.3, 0.4) is 0 Å². The summed E-state index contributed by atoms with van der Waals surface area (Å²) in [6.45, 7) is 4.83. The first-order valence-corrected chi connectivity index (χ1v) is 8.70. The van der Waals surface area contributed by atoms with Crippen molar-refractivity contribution in [2.75, 3.05) is 31.6 Å². The van der Waals surface area contributed by atoms with Gasteiger partial charge in [0.15, 0.2) is 0 Å². The van der Waals surface area contributed by atoms with E-state index in [0.29, 0.717) is 37.3 Å². The molecule has 118 valence electrons. The van der Waals surface area contributed by atoms with E-state index in [2.05, 4.69) is 5.32 Å². The van der Waals surface area contributed by atoms with Crippen molar-refractivity contribution in [2.24, 2.45) is 0 Å². The van der Waals surface area contributed by atoms with Crippen LogP contribution in [0.25, 0.3) is 0 Å². The van der Waals surface area contributed by atoms with Crippen molar-refractivity contribution in [1.82, 2.24) is 9.62 Å². The van der Waals surface area contributed by atoms with Gasteiger partial charge < -0.3 is 11.1 Å². The second-order valence-electron chi connectivity index (χ2n) is 4.90. The molecule has 1 aromatic rings. The molecule has 0 heterocycles. The maximum Gasteiger partial charge on any atom is 0.253 e. The molecule has 21 heavy (non-hydrogen) atoms. The van der Waals surface area contributed by atoms with Gasteiger partial charge in [0.25, 0.3) is 5.91 Å². The Morgan fingerprint density at radius 1 is 1.38 bits per heavy atom. The van der Waals surface area contributed by atoms with Crippen molar-refractivity contribution in [3.05, 3.63) is 29.3 Å². The molecule has 0 saturated heterocycles. The molecule has 3 N–H and O–H groups in total. The molecule has 0 spiro atoms. The minimum absolute atomic E-state index is 0.229. The van der Waals surface area contributed by atoms with Crippen LogP contribution < -0.4 is 11.1 Å². The zero-order valence-electron chi connectivity index (χ0n) is 12.7. The minimum atomic E-state index is -3.18. The zero-order chi connectivity index (χ0) is 16.0. The molecule has 1 amide bonds. The molecule has 0 radical (unpaired) electrons. The highest BCUT2D eigenvalue weighted by molar-refractivity contribution is 7.88. The maximum absolute atomic E-state index is 12.1. The Labute approximate surface area is 126 Å². The number of anilines is 1. The van der Waals surface area contributed by atoms with Crippen LogP contribution in [-0.2, 0) is 10.0 Å². The van der Waals surface area contributed by atoms with Gasteiger partial charge in [0, 0.05) is 25.3 Å². The number of nitrogens with one attached hydrogen (secondary N) is 1. The first-order chi connectivity index (χ1) is 9.77. The van der Waals surface area contributed by atoms with Crippen LogP contribution in [0.1, 0.15) is 29.3 Å². The van der Waals surface area contributed by atoms with E-state index < -0.39 is 10.0 Å². The predicted molar refractivity (Wildman–Crippen MR) is 84.6 cm³/mol. The number of nitrogen functional groups attached to an aromatic ring is 1. The number of carbonyl (C=O) groups excluding carboxylic acids is 1. The number of amides is 1. The Hall–Kier alpha value is -1.60. The van der Waals surface area contributed by atoms with Gasteiger partial charge >= 0.3 is 0 Å². The van der Waals surface area contributed by atoms with E-state index in [9.17, 15) is 13.2 Å². The average Bonchev–Trinajstić information content (AvgIpc) is 2.36. The molecule has 7 heteroatoms. The molecule has 0 aliphatic rings. The molecule has 0 unspecified atom stereocenters. The number of rotatable bonds is 7. The zero-order valence-corrected chi connectivity index (χ0v) is 13.5. The molecule has 0 atom stereocenters. The third kappa shape index (κ3) is 5.02. The molecule has 0 saturated carbocycles. The maximum atomic E-state index is 12.1. The van der Waals surface area contributed by atoms with Gasteiger partial charge in [-0.25, -0.2) is 12.7 Å². The van der Waals surface area contributed by atoms with Crippen LogP contribution >= 0.6 is 0 Å². The first kappa shape index (κ1) is 17.5. The Kier molecular flexibility index (Phi) is 6.17. The van der Waals surface area contributed by atoms with Gasteiger partial charge in [0.2, 0.25) is 10.0 Å². The highest BCUT2D eigenvalue weighted by Gasteiger charge is 2.15. The summed E-state index contributed by atoms with van der Waals surface area (Å²) in [7, 11) is -3.18. The van der Waals surface area contributed by atoms with E-state index in [4.69, 9.17) is 5.73 Å². The molecule has 0 aliphatic carbocycles. The van der Waals surface area contributed by atoms with Crippen LogP contribution in [0, 0.1) is 6.92 Å². The minimum Gasteiger partial charge on any atom is -0.398 e. The van der Waals surface area contributed by atoms with E-state index in [1.54, 1.807) is 19.1 Å². The molecule has 0 bridgehead atoms. The van der Waals surface area contributed by atoms with Crippen LogP contribution in [-0.4, -0.2) is 44.5 Å². The van der Waals surface area contributed by atoms with Crippen molar-refractivity contribution in [3.63, 3.8) is 0 Å². The van der Waals surface area contributed by atoms with Crippen molar-refractivity contribution in [2.45, 2.75) is 20.3 Å². The van der Waals surface area contributed by atoms with Crippen LogP contribution in [0.5, 0.6) is 0 Å². The topological polar surface area (TPSA) is 92.5 Å². The molecule has 1 aromatic carbocycles. The Morgan fingerprint density at radius 3 is 2.57 bits per heavy atom. The number of sulfonamides is 1. The summed E-state index contributed by atoms with van der Waals surface area (Å²) in [5, 5.41) is 2.77. The van der Waals surface area contributed by atoms with Crippen LogP contribution in [0.2, 0.25) is 0 Å². The summed E-state index contributed by atoms with van der Waals surface area (Å²) < 4.78 is 24.2. The quantitative estimate of drug-likeness (QED) is 0.580. The fourth-order valence-corrected chi connectivity index (χ4v) is 3.03. The van der Waals surface area contributed by atoms with E-state index in [1.807, 2.05) is 13.0 Å². The van der Waals surface area contributed by atoms with Crippen molar-refractivity contribution < 1.29 is 13.2 Å².